The summed E-state index contributed by atoms with van der Waals surface area (Å²) in [5, 5.41) is 22.2. The summed E-state index contributed by atoms with van der Waals surface area (Å²) in [7, 11) is 2.98. The first-order chi connectivity index (χ1) is 24.5. The number of amides is 1. The van der Waals surface area contributed by atoms with Gasteiger partial charge in [0.25, 0.3) is 0 Å². The third-order valence-electron chi connectivity index (χ3n) is 9.32. The van der Waals surface area contributed by atoms with Gasteiger partial charge >= 0.3 is 12.1 Å². The Balaban J connectivity index is 1.23. The first-order valence-electron chi connectivity index (χ1n) is 16.3. The Kier molecular flexibility index (Phi) is 11.0. The number of benzene rings is 3. The second-order valence-electron chi connectivity index (χ2n) is 12.5. The molecule has 0 saturated carbocycles. The normalized spacial score (nSPS) is 18.5. The number of carbonyl (C=O) groups excluding carboxylic acids is 2. The molecule has 7 rings (SSSR count). The summed E-state index contributed by atoms with van der Waals surface area (Å²) in [6.45, 7) is 2.44. The summed E-state index contributed by atoms with van der Waals surface area (Å²) < 4.78 is 38.4. The van der Waals surface area contributed by atoms with Gasteiger partial charge in [0.2, 0.25) is 0 Å². The van der Waals surface area contributed by atoms with Crippen LogP contribution in [-0.4, -0.2) is 62.0 Å². The fraction of sp³-hybridized carbons (Fsp3) is 0.324. The molecule has 11 nitrogen and oxygen atoms in total. The molecule has 0 spiro atoms. The lowest BCUT2D eigenvalue weighted by Crippen LogP contribution is -2.53. The second kappa shape index (κ2) is 15.6. The number of esters is 1. The van der Waals surface area contributed by atoms with Crippen LogP contribution in [0.1, 0.15) is 46.0 Å². The second-order valence-corrected chi connectivity index (χ2v) is 13.3. The van der Waals surface area contributed by atoms with Crippen molar-refractivity contribution in [3.8, 4) is 17.2 Å². The molecule has 1 N–H and O–H groups in total. The highest BCUT2D eigenvalue weighted by atomic mass is 35.5. The van der Waals surface area contributed by atoms with Gasteiger partial charge in [0.15, 0.2) is 35.5 Å². The van der Waals surface area contributed by atoms with Crippen molar-refractivity contribution in [3.63, 3.8) is 0 Å². The third-order valence-corrected chi connectivity index (χ3v) is 9.98. The van der Waals surface area contributed by atoms with E-state index < -0.39 is 29.7 Å². The monoisotopic (exact) mass is 739 g/mol. The Morgan fingerprint density at radius 2 is 1.71 bits per heavy atom. The number of ether oxygens (including phenoxy) is 4. The number of nitrogens with zero attached hydrogens (tertiary/aromatic N) is 3. The van der Waals surface area contributed by atoms with Crippen LogP contribution < -0.4 is 19.1 Å². The SMILES string of the molecule is COc1ccc([C@H](Cc2c(Cl)c[n+]([O-])cc2Cl)OC(=O)c2ccc(CN(C(=O)O[C@H]3CN4CCC3CC4)c3cccc(O)c3F)cc2)cc1OC. The van der Waals surface area contributed by atoms with Gasteiger partial charge in [-0.1, -0.05) is 47.5 Å². The van der Waals surface area contributed by atoms with E-state index in [1.807, 2.05) is 0 Å². The molecule has 2 atom stereocenters. The molecule has 0 radical (unpaired) electrons. The lowest BCUT2D eigenvalue weighted by Gasteiger charge is -2.44. The smallest absolute Gasteiger partial charge is 0.415 e. The molecule has 3 aliphatic rings. The fourth-order valence-electron chi connectivity index (χ4n) is 6.52. The maximum absolute atomic E-state index is 15.2. The molecule has 1 aromatic heterocycles. The summed E-state index contributed by atoms with van der Waals surface area (Å²) in [6.07, 6.45) is 2.23. The van der Waals surface area contributed by atoms with E-state index in [9.17, 15) is 19.9 Å². The number of methoxy groups -OCH3 is 2. The Bertz CT molecular complexity index is 1880. The fourth-order valence-corrected chi connectivity index (χ4v) is 7.12. The van der Waals surface area contributed by atoms with Crippen LogP contribution in [0.4, 0.5) is 14.9 Å². The number of phenolic OH excluding ortho intramolecular Hbond substituents is 1. The number of fused-ring (bicyclic) bond motifs is 3. The first-order valence-corrected chi connectivity index (χ1v) is 17.1. The molecule has 3 aromatic carbocycles. The number of carbonyl (C=O) groups is 2. The zero-order valence-corrected chi connectivity index (χ0v) is 29.4. The molecular formula is C37H36Cl2FN3O8. The molecule has 4 heterocycles. The van der Waals surface area contributed by atoms with Crippen molar-refractivity contribution in [1.82, 2.24) is 4.90 Å². The number of phenols is 1. The molecule has 2 bridgehead atoms. The predicted molar refractivity (Wildman–Crippen MR) is 187 cm³/mol. The highest BCUT2D eigenvalue weighted by Gasteiger charge is 2.38. The molecule has 14 heteroatoms. The van der Waals surface area contributed by atoms with Crippen LogP contribution >= 0.6 is 23.2 Å². The molecule has 3 saturated heterocycles. The van der Waals surface area contributed by atoms with E-state index in [-0.39, 0.29) is 46.3 Å². The number of halogens is 3. The van der Waals surface area contributed by atoms with Crippen molar-refractivity contribution >= 4 is 41.0 Å². The van der Waals surface area contributed by atoms with E-state index in [0.717, 1.165) is 43.2 Å². The molecule has 1 amide bonds. The Morgan fingerprint density at radius 3 is 2.33 bits per heavy atom. The Labute approximate surface area is 304 Å². The van der Waals surface area contributed by atoms with E-state index in [4.69, 9.17) is 42.1 Å². The van der Waals surface area contributed by atoms with Gasteiger partial charge in [-0.2, -0.15) is 4.73 Å². The summed E-state index contributed by atoms with van der Waals surface area (Å²) in [5.74, 6) is -1.12. The number of anilines is 1. The van der Waals surface area contributed by atoms with Crippen molar-refractivity contribution in [2.24, 2.45) is 5.92 Å². The number of hydrogen-bond acceptors (Lipinski definition) is 9. The zero-order chi connectivity index (χ0) is 36.2. The highest BCUT2D eigenvalue weighted by Crippen LogP contribution is 2.36. The summed E-state index contributed by atoms with van der Waals surface area (Å²) in [5.41, 5.74) is 1.57. The van der Waals surface area contributed by atoms with Crippen LogP contribution in [0.25, 0.3) is 0 Å². The maximum atomic E-state index is 15.2. The van der Waals surface area contributed by atoms with Gasteiger partial charge in [0.1, 0.15) is 22.3 Å². The summed E-state index contributed by atoms with van der Waals surface area (Å²) >= 11 is 12.7. The summed E-state index contributed by atoms with van der Waals surface area (Å²) in [6, 6.07) is 15.4. The Morgan fingerprint density at radius 1 is 1.02 bits per heavy atom. The van der Waals surface area contributed by atoms with Crippen molar-refractivity contribution < 1.29 is 42.8 Å². The minimum Gasteiger partial charge on any atom is -0.619 e. The minimum atomic E-state index is -0.951. The van der Waals surface area contributed by atoms with Gasteiger partial charge in [0, 0.05) is 18.5 Å². The number of rotatable bonds is 11. The van der Waals surface area contributed by atoms with E-state index in [0.29, 0.717) is 39.5 Å². The van der Waals surface area contributed by atoms with Crippen molar-refractivity contribution in [3.05, 3.63) is 116 Å². The lowest BCUT2D eigenvalue weighted by molar-refractivity contribution is -0.605. The van der Waals surface area contributed by atoms with Crippen LogP contribution in [0.3, 0.4) is 0 Å². The first kappa shape index (κ1) is 36.0. The predicted octanol–water partition coefficient (Wildman–Crippen LogP) is 6.87. The zero-order valence-electron chi connectivity index (χ0n) is 27.9. The standard InChI is InChI=1S/C37H36Cl2FN3O8/c1-48-31-11-10-25(16-33(31)49-2)32(17-26-27(38)19-42(47)20-28(26)39)50-36(45)24-8-6-22(7-9-24)18-43(29-4-3-5-30(44)35(29)40)37(46)51-34-21-41-14-12-23(34)13-15-41/h3-11,16,19-20,23,32,34,44H,12-15,17-18,21H2,1-2H3/t32-,34-/m0/s1. The molecule has 0 aliphatic carbocycles. The lowest BCUT2D eigenvalue weighted by atomic mass is 9.86. The number of aromatic hydroxyl groups is 1. The van der Waals surface area contributed by atoms with Gasteiger partial charge in [-0.05, 0) is 79.4 Å². The van der Waals surface area contributed by atoms with E-state index in [2.05, 4.69) is 4.90 Å². The number of hydrogen-bond donors (Lipinski definition) is 1. The molecule has 3 aliphatic heterocycles. The number of pyridine rings is 1. The average Bonchev–Trinajstić information content (AvgIpc) is 3.13. The van der Waals surface area contributed by atoms with Crippen molar-refractivity contribution in [2.75, 3.05) is 38.8 Å². The van der Waals surface area contributed by atoms with E-state index >= 15 is 4.39 Å². The van der Waals surface area contributed by atoms with Gasteiger partial charge < -0.3 is 29.3 Å². The molecule has 0 unspecified atom stereocenters. The average molecular weight is 741 g/mol. The molecule has 51 heavy (non-hydrogen) atoms. The molecular weight excluding hydrogens is 704 g/mol. The van der Waals surface area contributed by atoms with E-state index in [1.165, 1.54) is 44.6 Å². The van der Waals surface area contributed by atoms with Crippen LogP contribution in [0.5, 0.6) is 17.2 Å². The maximum Gasteiger partial charge on any atom is 0.415 e. The minimum absolute atomic E-state index is 0.0317. The largest absolute Gasteiger partial charge is 0.619 e. The number of aromatic nitrogens is 1. The number of piperidine rings is 3. The van der Waals surface area contributed by atoms with Crippen LogP contribution in [0, 0.1) is 16.9 Å². The molecule has 3 fully saturated rings. The van der Waals surface area contributed by atoms with Gasteiger partial charge in [0.05, 0.1) is 32.0 Å². The van der Waals surface area contributed by atoms with Gasteiger partial charge in [-0.3, -0.25) is 9.80 Å². The topological polar surface area (TPSA) is 125 Å². The van der Waals surface area contributed by atoms with Gasteiger partial charge in [-0.15, -0.1) is 0 Å². The highest BCUT2D eigenvalue weighted by molar-refractivity contribution is 6.35. The van der Waals surface area contributed by atoms with Crippen LogP contribution in [0.2, 0.25) is 10.0 Å². The van der Waals surface area contributed by atoms with Crippen molar-refractivity contribution in [2.45, 2.75) is 38.0 Å². The summed E-state index contributed by atoms with van der Waals surface area (Å²) in [4.78, 5) is 30.6. The van der Waals surface area contributed by atoms with Crippen LogP contribution in [0.15, 0.2) is 73.1 Å². The molecule has 4 aromatic rings. The Hall–Kier alpha value is -4.78. The quantitative estimate of drug-likeness (QED) is 0.0997. The van der Waals surface area contributed by atoms with Gasteiger partial charge in [-0.25, -0.2) is 14.0 Å². The van der Waals surface area contributed by atoms with Crippen molar-refractivity contribution in [1.29, 1.82) is 0 Å². The van der Waals surface area contributed by atoms with Crippen LogP contribution in [-0.2, 0) is 22.4 Å². The molecule has 268 valence electrons. The third kappa shape index (κ3) is 8.08. The van der Waals surface area contributed by atoms with E-state index in [1.54, 1.807) is 30.3 Å².